The Kier molecular flexibility index (Phi) is 4.52. The Morgan fingerprint density at radius 1 is 1.45 bits per heavy atom. The molecule has 20 heavy (non-hydrogen) atoms. The second kappa shape index (κ2) is 6.33. The van der Waals surface area contributed by atoms with Gasteiger partial charge in [0.05, 0.1) is 18.4 Å². The molecule has 0 radical (unpaired) electrons. The summed E-state index contributed by atoms with van der Waals surface area (Å²) in [6.07, 6.45) is 1.58. The van der Waals surface area contributed by atoms with Crippen LogP contribution in [-0.4, -0.2) is 42.0 Å². The predicted octanol–water partition coefficient (Wildman–Crippen LogP) is -0.0716. The van der Waals surface area contributed by atoms with Crippen molar-refractivity contribution in [1.29, 1.82) is 0 Å². The molecule has 4 N–H and O–H groups in total. The minimum atomic E-state index is -0.551. The predicted molar refractivity (Wildman–Crippen MR) is 76.4 cm³/mol. The summed E-state index contributed by atoms with van der Waals surface area (Å²) in [5.74, 6) is 0.327. The first-order valence-corrected chi connectivity index (χ1v) is 6.58. The van der Waals surface area contributed by atoms with E-state index in [1.807, 2.05) is 13.8 Å². The Hall–Kier alpha value is -2.15. The van der Waals surface area contributed by atoms with Gasteiger partial charge in [0.2, 0.25) is 11.8 Å². The molecule has 0 bridgehead atoms. The number of aromatic nitrogens is 1. The van der Waals surface area contributed by atoms with Crippen LogP contribution in [0.15, 0.2) is 18.3 Å². The van der Waals surface area contributed by atoms with Gasteiger partial charge in [0.25, 0.3) is 0 Å². The lowest BCUT2D eigenvalue weighted by molar-refractivity contribution is -0.127. The van der Waals surface area contributed by atoms with Crippen molar-refractivity contribution in [2.75, 3.05) is 23.7 Å². The Balaban J connectivity index is 1.92. The Morgan fingerprint density at radius 2 is 2.25 bits per heavy atom. The molecule has 0 saturated carbocycles. The smallest absolute Gasteiger partial charge is 0.248 e. The number of amides is 2. The van der Waals surface area contributed by atoms with Gasteiger partial charge in [0.1, 0.15) is 11.9 Å². The quantitative estimate of drug-likeness (QED) is 0.618. The van der Waals surface area contributed by atoms with Crippen molar-refractivity contribution in [3.8, 4) is 0 Å². The number of piperazine rings is 1. The molecule has 2 heterocycles. The van der Waals surface area contributed by atoms with Crippen LogP contribution in [0.5, 0.6) is 0 Å². The largest absolute Gasteiger partial charge is 0.368 e. The molecule has 1 aliphatic rings. The van der Waals surface area contributed by atoms with Crippen LogP contribution >= 0.6 is 0 Å². The van der Waals surface area contributed by atoms with Gasteiger partial charge in [0.15, 0.2) is 0 Å². The maximum Gasteiger partial charge on any atom is 0.248 e. The molecular formula is C13H19N5O2. The first-order valence-electron chi connectivity index (χ1n) is 6.58. The monoisotopic (exact) mass is 277 g/mol. The van der Waals surface area contributed by atoms with E-state index in [2.05, 4.69) is 26.3 Å². The van der Waals surface area contributed by atoms with Gasteiger partial charge in [-0.1, -0.05) is 0 Å². The van der Waals surface area contributed by atoms with Crippen molar-refractivity contribution in [1.82, 2.24) is 15.6 Å². The average molecular weight is 277 g/mol. The van der Waals surface area contributed by atoms with Gasteiger partial charge in [-0.05, 0) is 26.0 Å². The second-order valence-corrected chi connectivity index (χ2v) is 4.97. The first kappa shape index (κ1) is 14.3. The molecule has 7 heteroatoms. The Bertz CT molecular complexity index is 486. The molecule has 1 aromatic heterocycles. The lowest BCUT2D eigenvalue weighted by Crippen LogP contribution is -2.57. The summed E-state index contributed by atoms with van der Waals surface area (Å²) in [5, 5.41) is 11.4. The molecule has 1 aliphatic heterocycles. The van der Waals surface area contributed by atoms with E-state index in [4.69, 9.17) is 0 Å². The van der Waals surface area contributed by atoms with Crippen molar-refractivity contribution in [3.05, 3.63) is 18.3 Å². The van der Waals surface area contributed by atoms with Gasteiger partial charge in [0, 0.05) is 12.6 Å². The van der Waals surface area contributed by atoms with Gasteiger partial charge in [-0.25, -0.2) is 4.98 Å². The van der Waals surface area contributed by atoms with Crippen LogP contribution < -0.4 is 21.3 Å². The third kappa shape index (κ3) is 3.92. The van der Waals surface area contributed by atoms with Crippen LogP contribution in [0.2, 0.25) is 0 Å². The van der Waals surface area contributed by atoms with Crippen molar-refractivity contribution in [2.45, 2.75) is 25.9 Å². The molecule has 2 rings (SSSR count). The van der Waals surface area contributed by atoms with E-state index in [9.17, 15) is 9.59 Å². The number of pyridine rings is 1. The van der Waals surface area contributed by atoms with Crippen LogP contribution in [0.4, 0.5) is 11.5 Å². The van der Waals surface area contributed by atoms with Gasteiger partial charge in [-0.15, -0.1) is 0 Å². The van der Waals surface area contributed by atoms with E-state index >= 15 is 0 Å². The van der Waals surface area contributed by atoms with Gasteiger partial charge in [-0.2, -0.15) is 0 Å². The zero-order valence-electron chi connectivity index (χ0n) is 11.6. The number of carbonyl (C=O) groups excluding carboxylic acids is 2. The molecule has 1 saturated heterocycles. The van der Waals surface area contributed by atoms with Gasteiger partial charge < -0.3 is 21.3 Å². The van der Waals surface area contributed by atoms with E-state index < -0.39 is 6.04 Å². The number of carbonyl (C=O) groups is 2. The van der Waals surface area contributed by atoms with Crippen LogP contribution in [0.3, 0.4) is 0 Å². The molecular weight excluding hydrogens is 258 g/mol. The topological polar surface area (TPSA) is 95.1 Å². The second-order valence-electron chi connectivity index (χ2n) is 4.97. The highest BCUT2D eigenvalue weighted by atomic mass is 16.2. The summed E-state index contributed by atoms with van der Waals surface area (Å²) in [6, 6.07) is 3.32. The van der Waals surface area contributed by atoms with E-state index in [1.165, 1.54) is 0 Å². The van der Waals surface area contributed by atoms with E-state index in [-0.39, 0.29) is 18.4 Å². The fourth-order valence-electron chi connectivity index (χ4n) is 1.86. The highest BCUT2D eigenvalue weighted by Gasteiger charge is 2.24. The summed E-state index contributed by atoms with van der Waals surface area (Å²) in [7, 11) is 0. The number of anilines is 2. The fourth-order valence-corrected chi connectivity index (χ4v) is 1.86. The first-order chi connectivity index (χ1) is 9.54. The third-order valence-electron chi connectivity index (χ3n) is 2.75. The Morgan fingerprint density at radius 3 is 2.85 bits per heavy atom. The lowest BCUT2D eigenvalue weighted by atomic mass is 10.2. The number of hydrogen-bond acceptors (Lipinski definition) is 5. The highest BCUT2D eigenvalue weighted by molar-refractivity contribution is 5.98. The van der Waals surface area contributed by atoms with E-state index in [0.29, 0.717) is 18.3 Å². The highest BCUT2D eigenvalue weighted by Crippen LogP contribution is 2.11. The SMILES string of the molecule is CC(C)Nc1ccc(NC(=O)C2CNCC(=O)N2)cn1. The van der Waals surface area contributed by atoms with Gasteiger partial charge in [-0.3, -0.25) is 9.59 Å². The molecule has 0 aliphatic carbocycles. The number of hydrogen-bond donors (Lipinski definition) is 4. The molecule has 1 aromatic rings. The zero-order chi connectivity index (χ0) is 14.5. The number of rotatable bonds is 4. The molecule has 0 spiro atoms. The summed E-state index contributed by atoms with van der Waals surface area (Å²) in [5.41, 5.74) is 0.601. The fraction of sp³-hybridized carbons (Fsp3) is 0.462. The summed E-state index contributed by atoms with van der Waals surface area (Å²) in [4.78, 5) is 27.4. The van der Waals surface area contributed by atoms with Crippen molar-refractivity contribution in [2.24, 2.45) is 0 Å². The third-order valence-corrected chi connectivity index (χ3v) is 2.75. The van der Waals surface area contributed by atoms with E-state index in [0.717, 1.165) is 5.82 Å². The van der Waals surface area contributed by atoms with E-state index in [1.54, 1.807) is 18.3 Å². The average Bonchev–Trinajstić information content (AvgIpc) is 2.40. The van der Waals surface area contributed by atoms with Gasteiger partial charge >= 0.3 is 0 Å². The molecule has 1 atom stereocenters. The van der Waals surface area contributed by atoms with Crippen LogP contribution in [0.25, 0.3) is 0 Å². The minimum absolute atomic E-state index is 0.175. The minimum Gasteiger partial charge on any atom is -0.368 e. The van der Waals surface area contributed by atoms with Crippen LogP contribution in [-0.2, 0) is 9.59 Å². The van der Waals surface area contributed by atoms with Crippen molar-refractivity contribution < 1.29 is 9.59 Å². The number of nitrogens with one attached hydrogen (secondary N) is 4. The van der Waals surface area contributed by atoms with Crippen molar-refractivity contribution in [3.63, 3.8) is 0 Å². The van der Waals surface area contributed by atoms with Crippen molar-refractivity contribution >= 4 is 23.3 Å². The molecule has 1 fully saturated rings. The molecule has 108 valence electrons. The normalized spacial score (nSPS) is 18.6. The molecule has 0 aromatic carbocycles. The molecule has 2 amide bonds. The lowest BCUT2D eigenvalue weighted by Gasteiger charge is -2.23. The molecule has 7 nitrogen and oxygen atoms in total. The zero-order valence-corrected chi connectivity index (χ0v) is 11.6. The summed E-state index contributed by atoms with van der Waals surface area (Å²) >= 11 is 0. The van der Waals surface area contributed by atoms with Crippen LogP contribution in [0.1, 0.15) is 13.8 Å². The maximum absolute atomic E-state index is 12.0. The number of nitrogens with zero attached hydrogens (tertiary/aromatic N) is 1. The summed E-state index contributed by atoms with van der Waals surface area (Å²) in [6.45, 7) is 4.73. The Labute approximate surface area is 117 Å². The summed E-state index contributed by atoms with van der Waals surface area (Å²) < 4.78 is 0. The standard InChI is InChI=1S/C13H19N5O2/c1-8(2)16-11-4-3-9(5-15-11)17-13(20)10-6-14-7-12(19)18-10/h3-5,8,10,14H,6-7H2,1-2H3,(H,15,16)(H,17,20)(H,18,19). The van der Waals surface area contributed by atoms with Crippen LogP contribution in [0, 0.1) is 0 Å². The molecule has 1 unspecified atom stereocenters. The maximum atomic E-state index is 12.0.